The normalized spacial score (nSPS) is 11.4. The molecular weight excluding hydrogens is 371 g/mol. The molecule has 0 saturated carbocycles. The monoisotopic (exact) mass is 382 g/mol. The molecule has 9 heteroatoms. The van der Waals surface area contributed by atoms with Crippen molar-refractivity contribution in [3.8, 4) is 10.6 Å². The van der Waals surface area contributed by atoms with Gasteiger partial charge in [-0.05, 0) is 35.7 Å². The lowest BCUT2D eigenvalue weighted by atomic mass is 10.4. The van der Waals surface area contributed by atoms with Crippen molar-refractivity contribution in [1.82, 2.24) is 4.98 Å². The molecule has 0 unspecified atom stereocenters. The van der Waals surface area contributed by atoms with E-state index in [2.05, 4.69) is 10.3 Å². The maximum absolute atomic E-state index is 12.9. The molecule has 2 heterocycles. The Morgan fingerprint density at radius 3 is 2.58 bits per heavy atom. The Labute approximate surface area is 145 Å². The second-order valence-corrected chi connectivity index (χ2v) is 8.57. The first-order valence-corrected chi connectivity index (χ1v) is 10.1. The Bertz CT molecular complexity index is 948. The predicted octanol–water partition coefficient (Wildman–Crippen LogP) is 3.42. The predicted molar refractivity (Wildman–Crippen MR) is 92.5 cm³/mol. The van der Waals surface area contributed by atoms with Crippen LogP contribution in [0, 0.1) is 5.82 Å². The van der Waals surface area contributed by atoms with Gasteiger partial charge in [-0.2, -0.15) is 0 Å². The quantitative estimate of drug-likeness (QED) is 0.686. The number of hydrogen-bond donors (Lipinski definition) is 1. The van der Waals surface area contributed by atoms with Gasteiger partial charge in [0.2, 0.25) is 5.91 Å². The summed E-state index contributed by atoms with van der Waals surface area (Å²) in [5, 5.41) is 6.52. The molecule has 2 aromatic heterocycles. The molecule has 1 amide bonds. The van der Waals surface area contributed by atoms with Crippen LogP contribution in [0.5, 0.6) is 0 Å². The van der Waals surface area contributed by atoms with Crippen molar-refractivity contribution < 1.29 is 17.6 Å². The number of thiophene rings is 1. The van der Waals surface area contributed by atoms with Crippen LogP contribution in [0.15, 0.2) is 52.1 Å². The van der Waals surface area contributed by atoms with Crippen molar-refractivity contribution >= 4 is 43.5 Å². The number of rotatable bonds is 5. The van der Waals surface area contributed by atoms with Crippen LogP contribution in [0.25, 0.3) is 10.6 Å². The van der Waals surface area contributed by atoms with Gasteiger partial charge in [-0.15, -0.1) is 22.7 Å². The number of carbonyl (C=O) groups is 1. The van der Waals surface area contributed by atoms with Crippen LogP contribution in [0.2, 0.25) is 0 Å². The zero-order chi connectivity index (χ0) is 17.2. The molecule has 0 saturated heterocycles. The van der Waals surface area contributed by atoms with Gasteiger partial charge in [0, 0.05) is 5.38 Å². The van der Waals surface area contributed by atoms with Gasteiger partial charge in [0.05, 0.1) is 15.5 Å². The molecule has 1 aromatic carbocycles. The maximum atomic E-state index is 12.9. The minimum absolute atomic E-state index is 0.0996. The minimum atomic E-state index is -3.83. The van der Waals surface area contributed by atoms with E-state index in [0.29, 0.717) is 5.13 Å². The second-order valence-electron chi connectivity index (χ2n) is 4.78. The second kappa shape index (κ2) is 6.80. The highest BCUT2D eigenvalue weighted by Gasteiger charge is 2.20. The highest BCUT2D eigenvalue weighted by atomic mass is 32.2. The van der Waals surface area contributed by atoms with Gasteiger partial charge >= 0.3 is 0 Å². The third kappa shape index (κ3) is 3.86. The standard InChI is InChI=1S/C15H11FN2O3S3/c16-10-3-5-11(6-4-10)24(20,21)9-14(19)18-15-17-12(8-23-15)13-2-1-7-22-13/h1-8H,9H2,(H,17,18,19). The molecular formula is C15H11FN2O3S3. The van der Waals surface area contributed by atoms with Gasteiger partial charge in [-0.3, -0.25) is 4.79 Å². The molecule has 24 heavy (non-hydrogen) atoms. The summed E-state index contributed by atoms with van der Waals surface area (Å²) in [6.45, 7) is 0. The first-order valence-electron chi connectivity index (χ1n) is 6.72. The summed E-state index contributed by atoms with van der Waals surface area (Å²) in [6, 6.07) is 8.15. The van der Waals surface area contributed by atoms with Crippen molar-refractivity contribution in [2.45, 2.75) is 4.90 Å². The summed E-state index contributed by atoms with van der Waals surface area (Å²) in [6.07, 6.45) is 0. The molecule has 0 bridgehead atoms. The Morgan fingerprint density at radius 2 is 1.92 bits per heavy atom. The van der Waals surface area contributed by atoms with Crippen LogP contribution in [0.3, 0.4) is 0 Å². The first kappa shape index (κ1) is 16.7. The Hall–Kier alpha value is -2.10. The van der Waals surface area contributed by atoms with E-state index >= 15 is 0 Å². The zero-order valence-corrected chi connectivity index (χ0v) is 14.6. The average Bonchev–Trinajstić information content (AvgIpc) is 3.17. The van der Waals surface area contributed by atoms with E-state index in [1.54, 1.807) is 5.38 Å². The highest BCUT2D eigenvalue weighted by Crippen LogP contribution is 2.28. The summed E-state index contributed by atoms with van der Waals surface area (Å²) >= 11 is 2.74. The van der Waals surface area contributed by atoms with Crippen molar-refractivity contribution in [3.63, 3.8) is 0 Å². The molecule has 0 spiro atoms. The number of amides is 1. The molecule has 0 aliphatic heterocycles. The summed E-state index contributed by atoms with van der Waals surface area (Å²) in [4.78, 5) is 17.1. The van der Waals surface area contributed by atoms with Gasteiger partial charge in [0.1, 0.15) is 11.6 Å². The van der Waals surface area contributed by atoms with Gasteiger partial charge < -0.3 is 5.32 Å². The molecule has 0 radical (unpaired) electrons. The number of carbonyl (C=O) groups excluding carboxylic acids is 1. The van der Waals surface area contributed by atoms with Gasteiger partial charge in [0.15, 0.2) is 15.0 Å². The van der Waals surface area contributed by atoms with E-state index in [4.69, 9.17) is 0 Å². The largest absolute Gasteiger partial charge is 0.301 e. The number of nitrogens with one attached hydrogen (secondary N) is 1. The summed E-state index contributed by atoms with van der Waals surface area (Å²) in [5.41, 5.74) is 0.728. The smallest absolute Gasteiger partial charge is 0.241 e. The van der Waals surface area contributed by atoms with Gasteiger partial charge in [0.25, 0.3) is 0 Å². The van der Waals surface area contributed by atoms with E-state index in [9.17, 15) is 17.6 Å². The molecule has 5 nitrogen and oxygen atoms in total. The van der Waals surface area contributed by atoms with Gasteiger partial charge in [-0.1, -0.05) is 6.07 Å². The zero-order valence-electron chi connectivity index (χ0n) is 12.1. The van der Waals surface area contributed by atoms with Crippen molar-refractivity contribution in [1.29, 1.82) is 0 Å². The number of halogens is 1. The highest BCUT2D eigenvalue weighted by molar-refractivity contribution is 7.92. The van der Waals surface area contributed by atoms with Crippen LogP contribution >= 0.6 is 22.7 Å². The fourth-order valence-electron chi connectivity index (χ4n) is 1.92. The van der Waals surface area contributed by atoms with Gasteiger partial charge in [-0.25, -0.2) is 17.8 Å². The Morgan fingerprint density at radius 1 is 1.17 bits per heavy atom. The molecule has 1 N–H and O–H groups in total. The molecule has 3 rings (SSSR count). The number of nitrogens with zero attached hydrogens (tertiary/aromatic N) is 1. The minimum Gasteiger partial charge on any atom is -0.301 e. The van der Waals surface area contributed by atoms with E-state index < -0.39 is 27.3 Å². The van der Waals surface area contributed by atoms with Crippen LogP contribution < -0.4 is 5.32 Å². The van der Waals surface area contributed by atoms with Crippen molar-refractivity contribution in [2.75, 3.05) is 11.1 Å². The topological polar surface area (TPSA) is 76.1 Å². The molecule has 0 fully saturated rings. The first-order chi connectivity index (χ1) is 11.4. The van der Waals surface area contributed by atoms with Crippen LogP contribution in [0.4, 0.5) is 9.52 Å². The third-order valence-corrected chi connectivity index (χ3v) is 6.30. The summed E-state index contributed by atoms with van der Waals surface area (Å²) < 4.78 is 37.1. The lowest BCUT2D eigenvalue weighted by molar-refractivity contribution is -0.113. The SMILES string of the molecule is O=C(CS(=O)(=O)c1ccc(F)cc1)Nc1nc(-c2cccs2)cs1. The fraction of sp³-hybridized carbons (Fsp3) is 0.0667. The number of thiazole rings is 1. The number of sulfone groups is 1. The summed E-state index contributed by atoms with van der Waals surface area (Å²) in [7, 11) is -3.83. The number of aromatic nitrogens is 1. The van der Waals surface area contributed by atoms with E-state index in [0.717, 1.165) is 34.8 Å². The van der Waals surface area contributed by atoms with Crippen molar-refractivity contribution in [2.24, 2.45) is 0 Å². The molecule has 3 aromatic rings. The van der Waals surface area contributed by atoms with Crippen LogP contribution in [-0.2, 0) is 14.6 Å². The molecule has 0 atom stereocenters. The number of benzene rings is 1. The van der Waals surface area contributed by atoms with E-state index in [-0.39, 0.29) is 4.90 Å². The summed E-state index contributed by atoms with van der Waals surface area (Å²) in [5.74, 6) is -1.96. The number of anilines is 1. The van der Waals surface area contributed by atoms with Crippen LogP contribution in [-0.4, -0.2) is 25.1 Å². The van der Waals surface area contributed by atoms with E-state index in [1.165, 1.54) is 22.7 Å². The number of hydrogen-bond acceptors (Lipinski definition) is 6. The fourth-order valence-corrected chi connectivity index (χ4v) is 4.54. The Kier molecular flexibility index (Phi) is 4.74. The third-order valence-electron chi connectivity index (χ3n) is 3.02. The Balaban J connectivity index is 1.68. The molecule has 0 aliphatic rings. The lowest BCUT2D eigenvalue weighted by Gasteiger charge is -2.04. The lowest BCUT2D eigenvalue weighted by Crippen LogP contribution is -2.23. The average molecular weight is 382 g/mol. The van der Waals surface area contributed by atoms with E-state index in [1.807, 2.05) is 17.5 Å². The molecule has 124 valence electrons. The molecule has 0 aliphatic carbocycles. The van der Waals surface area contributed by atoms with Crippen molar-refractivity contribution in [3.05, 3.63) is 53.0 Å². The van der Waals surface area contributed by atoms with Crippen LogP contribution in [0.1, 0.15) is 0 Å². The maximum Gasteiger partial charge on any atom is 0.241 e.